The molecule has 1 N–H and O–H groups in total. The summed E-state index contributed by atoms with van der Waals surface area (Å²) in [6.07, 6.45) is 11.1. The minimum atomic E-state index is 0.624. The molecule has 5 rings (SSSR count). The lowest BCUT2D eigenvalue weighted by Crippen LogP contribution is -2.54. The Morgan fingerprint density at radius 2 is 1.89 bits per heavy atom. The molecule has 104 valence electrons. The quantitative estimate of drug-likeness (QED) is 0.904. The van der Waals surface area contributed by atoms with Crippen LogP contribution in [0, 0.1) is 23.2 Å². The van der Waals surface area contributed by atoms with Crippen molar-refractivity contribution in [2.24, 2.45) is 23.2 Å². The molecule has 4 fully saturated rings. The van der Waals surface area contributed by atoms with Gasteiger partial charge in [0, 0.05) is 23.7 Å². The first-order valence-corrected chi connectivity index (χ1v) is 8.72. The smallest absolute Gasteiger partial charge is 0.0794 e. The predicted molar refractivity (Wildman–Crippen MR) is 79.0 cm³/mol. The number of hydrogen-bond acceptors (Lipinski definition) is 3. The summed E-state index contributed by atoms with van der Waals surface area (Å²) < 4.78 is 0. The van der Waals surface area contributed by atoms with E-state index in [1.54, 1.807) is 30.6 Å². The highest BCUT2D eigenvalue weighted by atomic mass is 32.1. The van der Waals surface area contributed by atoms with Gasteiger partial charge in [-0.25, -0.2) is 0 Å². The molecule has 1 heterocycles. The van der Waals surface area contributed by atoms with E-state index in [9.17, 15) is 0 Å². The lowest BCUT2D eigenvalue weighted by molar-refractivity contribution is -0.0706. The van der Waals surface area contributed by atoms with Crippen molar-refractivity contribution < 1.29 is 0 Å². The van der Waals surface area contributed by atoms with Crippen LogP contribution in [0.4, 0.5) is 0 Å². The number of nitrogens with zero attached hydrogens (tertiary/aromatic N) is 1. The van der Waals surface area contributed by atoms with Crippen LogP contribution in [0.5, 0.6) is 0 Å². The van der Waals surface area contributed by atoms with E-state index in [1.807, 2.05) is 11.7 Å². The van der Waals surface area contributed by atoms with Crippen LogP contribution in [0.2, 0.25) is 0 Å². The van der Waals surface area contributed by atoms with E-state index in [-0.39, 0.29) is 0 Å². The van der Waals surface area contributed by atoms with Gasteiger partial charge in [-0.2, -0.15) is 0 Å². The number of nitrogens with one attached hydrogen (secondary N) is 1. The van der Waals surface area contributed by atoms with Gasteiger partial charge in [-0.3, -0.25) is 4.98 Å². The maximum Gasteiger partial charge on any atom is 0.0794 e. The molecule has 3 heteroatoms. The Morgan fingerprint density at radius 3 is 2.42 bits per heavy atom. The fraction of sp³-hybridized carbons (Fsp3) is 0.812. The highest BCUT2D eigenvalue weighted by Gasteiger charge is 2.52. The second kappa shape index (κ2) is 4.56. The molecular weight excluding hydrogens is 252 g/mol. The van der Waals surface area contributed by atoms with E-state index >= 15 is 0 Å². The van der Waals surface area contributed by atoms with E-state index in [2.05, 4.69) is 17.2 Å². The molecule has 1 aromatic heterocycles. The molecule has 1 unspecified atom stereocenters. The molecule has 2 nitrogen and oxygen atoms in total. The van der Waals surface area contributed by atoms with E-state index in [1.165, 1.54) is 24.1 Å². The molecule has 4 bridgehead atoms. The summed E-state index contributed by atoms with van der Waals surface area (Å²) in [5, 5.41) is 3.81. The third kappa shape index (κ3) is 2.15. The Kier molecular flexibility index (Phi) is 2.96. The number of aromatic nitrogens is 1. The van der Waals surface area contributed by atoms with Crippen molar-refractivity contribution in [3.05, 3.63) is 16.6 Å². The third-order valence-electron chi connectivity index (χ3n) is 6.07. The Hall–Kier alpha value is -0.410. The normalized spacial score (nSPS) is 41.6. The number of thiazole rings is 1. The van der Waals surface area contributed by atoms with Gasteiger partial charge in [0.1, 0.15) is 0 Å². The second-order valence-electron chi connectivity index (χ2n) is 7.35. The SMILES string of the molecule is CC(NCc1cncs1)C12CC3CC(CC(C3)C1)C2. The van der Waals surface area contributed by atoms with E-state index in [0.717, 1.165) is 24.3 Å². The summed E-state index contributed by atoms with van der Waals surface area (Å²) in [7, 11) is 0. The van der Waals surface area contributed by atoms with Gasteiger partial charge in [0.25, 0.3) is 0 Å². The first-order valence-electron chi connectivity index (χ1n) is 7.84. The number of hydrogen-bond donors (Lipinski definition) is 1. The van der Waals surface area contributed by atoms with Crippen molar-refractivity contribution in [3.8, 4) is 0 Å². The average molecular weight is 276 g/mol. The standard InChI is InChI=1S/C16H24N2S/c1-11(18-9-15-8-17-10-19-15)16-5-12-2-13(6-16)4-14(3-12)7-16/h8,10-14,18H,2-7,9H2,1H3. The molecule has 4 aliphatic rings. The van der Waals surface area contributed by atoms with Crippen LogP contribution in [-0.2, 0) is 6.54 Å². The molecule has 0 saturated heterocycles. The van der Waals surface area contributed by atoms with E-state index < -0.39 is 0 Å². The largest absolute Gasteiger partial charge is 0.309 e. The molecule has 1 atom stereocenters. The third-order valence-corrected chi connectivity index (χ3v) is 6.85. The molecule has 0 spiro atoms. The molecule has 19 heavy (non-hydrogen) atoms. The lowest BCUT2D eigenvalue weighted by Gasteiger charge is -2.59. The van der Waals surface area contributed by atoms with Gasteiger partial charge in [-0.15, -0.1) is 11.3 Å². The summed E-state index contributed by atoms with van der Waals surface area (Å²) in [4.78, 5) is 5.54. The van der Waals surface area contributed by atoms with Crippen LogP contribution in [0.15, 0.2) is 11.7 Å². The van der Waals surface area contributed by atoms with Gasteiger partial charge in [0.15, 0.2) is 0 Å². The van der Waals surface area contributed by atoms with Gasteiger partial charge < -0.3 is 5.32 Å². The minimum absolute atomic E-state index is 0.624. The van der Waals surface area contributed by atoms with Gasteiger partial charge in [0.2, 0.25) is 0 Å². The van der Waals surface area contributed by atoms with Crippen LogP contribution >= 0.6 is 11.3 Å². The van der Waals surface area contributed by atoms with Crippen LogP contribution in [0.25, 0.3) is 0 Å². The molecule has 0 radical (unpaired) electrons. The predicted octanol–water partition coefficient (Wildman–Crippen LogP) is 3.84. The zero-order chi connectivity index (χ0) is 12.9. The summed E-state index contributed by atoms with van der Waals surface area (Å²) in [6, 6.07) is 0.669. The van der Waals surface area contributed by atoms with Crippen molar-refractivity contribution in [1.29, 1.82) is 0 Å². The summed E-state index contributed by atoms with van der Waals surface area (Å²) >= 11 is 1.77. The molecule has 0 aliphatic heterocycles. The fourth-order valence-electron chi connectivity index (χ4n) is 5.51. The Labute approximate surface area is 120 Å². The number of rotatable bonds is 4. The van der Waals surface area contributed by atoms with Crippen molar-refractivity contribution in [3.63, 3.8) is 0 Å². The van der Waals surface area contributed by atoms with Crippen LogP contribution in [0.1, 0.15) is 50.3 Å². The molecular formula is C16H24N2S. The summed E-state index contributed by atoms with van der Waals surface area (Å²) in [5.74, 6) is 3.16. The van der Waals surface area contributed by atoms with Gasteiger partial charge >= 0.3 is 0 Å². The van der Waals surface area contributed by atoms with E-state index in [0.29, 0.717) is 11.5 Å². The molecule has 0 aromatic carbocycles. The maximum atomic E-state index is 4.17. The monoisotopic (exact) mass is 276 g/mol. The van der Waals surface area contributed by atoms with Crippen molar-refractivity contribution >= 4 is 11.3 Å². The van der Waals surface area contributed by atoms with Crippen molar-refractivity contribution in [1.82, 2.24) is 10.3 Å². The molecule has 0 amide bonds. The molecule has 1 aromatic rings. The second-order valence-corrected chi connectivity index (χ2v) is 8.32. The Morgan fingerprint density at radius 1 is 1.26 bits per heavy atom. The minimum Gasteiger partial charge on any atom is -0.309 e. The van der Waals surface area contributed by atoms with Crippen LogP contribution in [-0.4, -0.2) is 11.0 Å². The highest BCUT2D eigenvalue weighted by Crippen LogP contribution is 2.61. The first kappa shape index (κ1) is 12.3. The van der Waals surface area contributed by atoms with Crippen molar-refractivity contribution in [2.45, 2.75) is 58.0 Å². The lowest BCUT2D eigenvalue weighted by atomic mass is 9.48. The maximum absolute atomic E-state index is 4.17. The summed E-state index contributed by atoms with van der Waals surface area (Å²) in [6.45, 7) is 3.45. The van der Waals surface area contributed by atoms with Gasteiger partial charge in [-0.05, 0) is 68.6 Å². The van der Waals surface area contributed by atoms with Gasteiger partial charge in [-0.1, -0.05) is 0 Å². The molecule has 4 saturated carbocycles. The fourth-order valence-corrected chi connectivity index (χ4v) is 6.05. The Balaban J connectivity index is 1.45. The van der Waals surface area contributed by atoms with Gasteiger partial charge in [0.05, 0.1) is 5.51 Å². The van der Waals surface area contributed by atoms with Crippen LogP contribution < -0.4 is 5.32 Å². The van der Waals surface area contributed by atoms with E-state index in [4.69, 9.17) is 0 Å². The summed E-state index contributed by atoms with van der Waals surface area (Å²) in [5.41, 5.74) is 2.56. The Bertz CT molecular complexity index is 404. The highest BCUT2D eigenvalue weighted by molar-refractivity contribution is 7.09. The zero-order valence-corrected chi connectivity index (χ0v) is 12.6. The van der Waals surface area contributed by atoms with Crippen molar-refractivity contribution in [2.75, 3.05) is 0 Å². The zero-order valence-electron chi connectivity index (χ0n) is 11.8. The molecule has 4 aliphatic carbocycles. The topological polar surface area (TPSA) is 24.9 Å². The van der Waals surface area contributed by atoms with Crippen LogP contribution in [0.3, 0.4) is 0 Å². The first-order chi connectivity index (χ1) is 9.23. The average Bonchev–Trinajstić information content (AvgIpc) is 2.87.